The van der Waals surface area contributed by atoms with Crippen molar-refractivity contribution in [3.8, 4) is 0 Å². The van der Waals surface area contributed by atoms with Crippen LogP contribution < -0.4 is 10.6 Å². The van der Waals surface area contributed by atoms with Gasteiger partial charge < -0.3 is 20.4 Å². The van der Waals surface area contributed by atoms with Crippen LogP contribution in [0.15, 0.2) is 48.5 Å². The number of likely N-dealkylation sites (N-methyl/N-ethyl adjacent to an activating group) is 1. The van der Waals surface area contributed by atoms with Crippen LogP contribution in [0.1, 0.15) is 19.8 Å². The molecule has 0 radical (unpaired) electrons. The van der Waals surface area contributed by atoms with Crippen molar-refractivity contribution in [3.05, 3.63) is 58.6 Å². The smallest absolute Gasteiger partial charge is 0.321 e. The maximum Gasteiger partial charge on any atom is 0.321 e. The van der Waals surface area contributed by atoms with E-state index in [0.29, 0.717) is 48.2 Å². The van der Waals surface area contributed by atoms with Gasteiger partial charge in [0.1, 0.15) is 0 Å². The Balaban J connectivity index is 1.51. The summed E-state index contributed by atoms with van der Waals surface area (Å²) in [6, 6.07) is 14.0. The van der Waals surface area contributed by atoms with Crippen molar-refractivity contribution < 1.29 is 14.4 Å². The van der Waals surface area contributed by atoms with E-state index < -0.39 is 0 Å². The largest absolute Gasteiger partial charge is 0.333 e. The van der Waals surface area contributed by atoms with Gasteiger partial charge in [0.25, 0.3) is 0 Å². The van der Waals surface area contributed by atoms with Crippen LogP contribution in [0.4, 0.5) is 16.2 Å². The summed E-state index contributed by atoms with van der Waals surface area (Å²) in [4.78, 5) is 41.2. The first-order valence-electron chi connectivity index (χ1n) is 10.5. The number of hydrogen-bond acceptors (Lipinski definition) is 3. The predicted molar refractivity (Wildman–Crippen MR) is 127 cm³/mol. The van der Waals surface area contributed by atoms with Gasteiger partial charge in [-0.05, 0) is 44.0 Å². The molecule has 1 aliphatic rings. The molecule has 0 aromatic heterocycles. The molecule has 2 aromatic rings. The first-order valence-corrected chi connectivity index (χ1v) is 11.3. The highest BCUT2D eigenvalue weighted by molar-refractivity contribution is 6.39. The zero-order valence-corrected chi connectivity index (χ0v) is 19.3. The molecule has 0 saturated carbocycles. The maximum atomic E-state index is 13.0. The molecule has 2 aromatic carbocycles. The van der Waals surface area contributed by atoms with Crippen molar-refractivity contribution in [3.63, 3.8) is 0 Å². The second kappa shape index (κ2) is 11.2. The number of hydrogen-bond donors (Lipinski definition) is 2. The zero-order valence-electron chi connectivity index (χ0n) is 17.8. The number of nitrogens with one attached hydrogen (secondary N) is 2. The van der Waals surface area contributed by atoms with Crippen molar-refractivity contribution in [2.24, 2.45) is 5.92 Å². The molecular weight excluding hydrogens is 451 g/mol. The molecule has 9 heteroatoms. The van der Waals surface area contributed by atoms with Gasteiger partial charge in [0.2, 0.25) is 11.8 Å². The summed E-state index contributed by atoms with van der Waals surface area (Å²) in [5, 5.41) is 6.22. The summed E-state index contributed by atoms with van der Waals surface area (Å²) in [6.07, 6.45) is 1.10. The van der Waals surface area contributed by atoms with E-state index in [-0.39, 0.29) is 30.3 Å². The number of piperidine rings is 1. The Hall–Kier alpha value is -2.77. The number of likely N-dealkylation sites (tertiary alicyclic amines) is 1. The highest BCUT2D eigenvalue weighted by atomic mass is 35.5. The molecule has 1 heterocycles. The Labute approximate surface area is 197 Å². The molecule has 0 bridgehead atoms. The summed E-state index contributed by atoms with van der Waals surface area (Å²) >= 11 is 12.2. The van der Waals surface area contributed by atoms with Crippen LogP contribution in [-0.2, 0) is 9.59 Å². The number of carbonyl (C=O) groups excluding carboxylic acids is 3. The van der Waals surface area contributed by atoms with Crippen molar-refractivity contribution in [2.45, 2.75) is 19.8 Å². The number of anilines is 2. The summed E-state index contributed by atoms with van der Waals surface area (Å²) in [6.45, 7) is 3.10. The summed E-state index contributed by atoms with van der Waals surface area (Å²) in [5.74, 6) is -0.682. The van der Waals surface area contributed by atoms with Gasteiger partial charge in [-0.25, -0.2) is 4.79 Å². The topological polar surface area (TPSA) is 81.8 Å². The maximum absolute atomic E-state index is 13.0. The quantitative estimate of drug-likeness (QED) is 0.632. The Kier molecular flexibility index (Phi) is 8.36. The van der Waals surface area contributed by atoms with E-state index in [4.69, 9.17) is 23.2 Å². The predicted octanol–water partition coefficient (Wildman–Crippen LogP) is 4.72. The fourth-order valence-electron chi connectivity index (χ4n) is 3.63. The number of nitrogens with zero attached hydrogens (tertiary/aromatic N) is 2. The Bertz CT molecular complexity index is 943. The standard InChI is InChI=1S/C23H26Cl2N4O3/c1-2-28(15-20(30)27-21-18(24)9-6-10-19(21)25)22(31)16-11-13-29(14-12-16)23(32)26-17-7-4-3-5-8-17/h3-10,16H,2,11-15H2,1H3,(H,26,32)(H,27,30). The van der Waals surface area contributed by atoms with E-state index in [1.165, 1.54) is 4.90 Å². The number of carbonyl (C=O) groups is 3. The lowest BCUT2D eigenvalue weighted by Crippen LogP contribution is -2.47. The van der Waals surface area contributed by atoms with E-state index >= 15 is 0 Å². The second-order valence-electron chi connectivity index (χ2n) is 7.55. The average molecular weight is 477 g/mol. The summed E-state index contributed by atoms with van der Waals surface area (Å²) in [7, 11) is 0. The molecule has 0 aliphatic carbocycles. The molecule has 0 unspecified atom stereocenters. The molecule has 1 fully saturated rings. The number of amides is 4. The number of urea groups is 1. The lowest BCUT2D eigenvalue weighted by molar-refractivity contribution is -0.139. The van der Waals surface area contributed by atoms with Crippen LogP contribution in [0.3, 0.4) is 0 Å². The minimum atomic E-state index is -0.366. The van der Waals surface area contributed by atoms with Gasteiger partial charge >= 0.3 is 6.03 Å². The molecule has 1 saturated heterocycles. The average Bonchev–Trinajstić information content (AvgIpc) is 2.80. The van der Waals surface area contributed by atoms with Crippen LogP contribution >= 0.6 is 23.2 Å². The molecule has 32 heavy (non-hydrogen) atoms. The molecule has 0 spiro atoms. The van der Waals surface area contributed by atoms with Gasteiger partial charge in [-0.1, -0.05) is 47.5 Å². The van der Waals surface area contributed by atoms with Crippen LogP contribution in [0.2, 0.25) is 10.0 Å². The van der Waals surface area contributed by atoms with Crippen molar-refractivity contribution in [1.82, 2.24) is 9.80 Å². The molecule has 7 nitrogen and oxygen atoms in total. The van der Waals surface area contributed by atoms with Gasteiger partial charge in [-0.15, -0.1) is 0 Å². The van der Waals surface area contributed by atoms with Crippen molar-refractivity contribution in [1.29, 1.82) is 0 Å². The Morgan fingerprint density at radius 2 is 1.59 bits per heavy atom. The SMILES string of the molecule is CCN(CC(=O)Nc1c(Cl)cccc1Cl)C(=O)C1CCN(C(=O)Nc2ccccc2)CC1. The summed E-state index contributed by atoms with van der Waals surface area (Å²) in [5.41, 5.74) is 1.07. The number of para-hydroxylation sites is 2. The first kappa shape index (κ1) is 23.9. The Morgan fingerprint density at radius 3 is 2.19 bits per heavy atom. The van der Waals surface area contributed by atoms with Crippen LogP contribution in [0, 0.1) is 5.92 Å². The van der Waals surface area contributed by atoms with Gasteiger partial charge in [-0.3, -0.25) is 9.59 Å². The lowest BCUT2D eigenvalue weighted by atomic mass is 9.95. The highest BCUT2D eigenvalue weighted by Gasteiger charge is 2.30. The fraction of sp³-hybridized carbons (Fsp3) is 0.348. The summed E-state index contributed by atoms with van der Waals surface area (Å²) < 4.78 is 0. The minimum Gasteiger partial charge on any atom is -0.333 e. The minimum absolute atomic E-state index is 0.0870. The van der Waals surface area contributed by atoms with E-state index in [1.807, 2.05) is 37.3 Å². The lowest BCUT2D eigenvalue weighted by Gasteiger charge is -2.33. The van der Waals surface area contributed by atoms with E-state index in [1.54, 1.807) is 23.1 Å². The third-order valence-electron chi connectivity index (χ3n) is 5.41. The van der Waals surface area contributed by atoms with Crippen LogP contribution in [0.25, 0.3) is 0 Å². The molecule has 0 atom stereocenters. The van der Waals surface area contributed by atoms with Gasteiger partial charge in [-0.2, -0.15) is 0 Å². The number of benzene rings is 2. The fourth-order valence-corrected chi connectivity index (χ4v) is 4.12. The van der Waals surface area contributed by atoms with Gasteiger partial charge in [0.05, 0.1) is 22.3 Å². The molecular formula is C23H26Cl2N4O3. The van der Waals surface area contributed by atoms with Crippen molar-refractivity contribution in [2.75, 3.05) is 36.8 Å². The molecule has 1 aliphatic heterocycles. The molecule has 170 valence electrons. The third kappa shape index (κ3) is 6.14. The van der Waals surface area contributed by atoms with E-state index in [9.17, 15) is 14.4 Å². The van der Waals surface area contributed by atoms with E-state index in [2.05, 4.69) is 10.6 Å². The normalized spacial score (nSPS) is 14.0. The second-order valence-corrected chi connectivity index (χ2v) is 8.37. The van der Waals surface area contributed by atoms with Crippen molar-refractivity contribution >= 4 is 52.4 Å². The third-order valence-corrected chi connectivity index (χ3v) is 6.04. The monoisotopic (exact) mass is 476 g/mol. The van der Waals surface area contributed by atoms with Gasteiger partial charge in [0.15, 0.2) is 0 Å². The molecule has 2 N–H and O–H groups in total. The Morgan fingerprint density at radius 1 is 0.969 bits per heavy atom. The molecule has 4 amide bonds. The first-order chi connectivity index (χ1) is 15.4. The van der Waals surface area contributed by atoms with Crippen LogP contribution in [0.5, 0.6) is 0 Å². The zero-order chi connectivity index (χ0) is 23.1. The van der Waals surface area contributed by atoms with Crippen LogP contribution in [-0.4, -0.2) is 53.8 Å². The highest BCUT2D eigenvalue weighted by Crippen LogP contribution is 2.29. The number of halogens is 2. The van der Waals surface area contributed by atoms with Gasteiger partial charge in [0, 0.05) is 31.2 Å². The van der Waals surface area contributed by atoms with E-state index in [0.717, 1.165) is 5.69 Å². The number of rotatable bonds is 6. The molecule has 3 rings (SSSR count).